The molecule has 3 aromatic carbocycles. The van der Waals surface area contributed by atoms with Gasteiger partial charge in [-0.15, -0.1) is 10.2 Å². The third-order valence-corrected chi connectivity index (χ3v) is 5.91. The maximum absolute atomic E-state index is 12.3. The molecule has 0 saturated heterocycles. The number of benzene rings is 3. The first-order chi connectivity index (χ1) is 15.7. The largest absolute Gasteiger partial charge is 0.334 e. The number of nitrogens with zero attached hydrogens (tertiary/aromatic N) is 3. The first kappa shape index (κ1) is 21.6. The van der Waals surface area contributed by atoms with Crippen LogP contribution >= 0.6 is 11.8 Å². The van der Waals surface area contributed by atoms with Crippen molar-refractivity contribution in [3.05, 3.63) is 107 Å². The van der Waals surface area contributed by atoms with Gasteiger partial charge in [-0.2, -0.15) is 0 Å². The average molecular weight is 444 g/mol. The van der Waals surface area contributed by atoms with Crippen molar-refractivity contribution in [2.75, 3.05) is 0 Å². The van der Waals surface area contributed by atoms with Gasteiger partial charge < -0.3 is 10.6 Å². The second-order valence-electron chi connectivity index (χ2n) is 7.37. The Kier molecular flexibility index (Phi) is 7.19. The predicted molar refractivity (Wildman–Crippen MR) is 128 cm³/mol. The van der Waals surface area contributed by atoms with E-state index in [-0.39, 0.29) is 12.6 Å². The number of hydrogen-bond acceptors (Lipinski definition) is 4. The van der Waals surface area contributed by atoms with Crippen LogP contribution in [0.15, 0.2) is 90.1 Å². The fourth-order valence-electron chi connectivity index (χ4n) is 3.18. The highest BCUT2D eigenvalue weighted by atomic mass is 32.2. The molecule has 0 aliphatic rings. The van der Waals surface area contributed by atoms with E-state index in [0.29, 0.717) is 12.4 Å². The third-order valence-electron chi connectivity index (χ3n) is 4.91. The number of carbonyl (C=O) groups is 1. The molecule has 4 rings (SSSR count). The molecule has 0 aliphatic carbocycles. The number of carbonyl (C=O) groups excluding carboxylic acids is 1. The van der Waals surface area contributed by atoms with Crippen LogP contribution in [0.1, 0.15) is 22.5 Å². The Balaban J connectivity index is 1.46. The van der Waals surface area contributed by atoms with Crippen molar-refractivity contribution < 1.29 is 4.79 Å². The van der Waals surface area contributed by atoms with Crippen molar-refractivity contribution in [3.8, 4) is 5.69 Å². The van der Waals surface area contributed by atoms with Crippen LogP contribution in [0.25, 0.3) is 5.69 Å². The van der Waals surface area contributed by atoms with E-state index in [1.54, 1.807) is 11.8 Å². The lowest BCUT2D eigenvalue weighted by Gasteiger charge is -2.12. The standard InChI is InChI=1S/C25H25N5OS/c1-19-12-14-22(15-13-19)30-23(17-27-24(31)26-16-20-8-4-2-5-9-20)28-29-25(30)32-18-21-10-6-3-7-11-21/h2-15H,16-18H2,1H3,(H2,26,27,31). The van der Waals surface area contributed by atoms with Crippen molar-refractivity contribution in [2.24, 2.45) is 0 Å². The molecule has 1 heterocycles. The minimum absolute atomic E-state index is 0.245. The van der Waals surface area contributed by atoms with Gasteiger partial charge in [0.1, 0.15) is 0 Å². The Labute approximate surface area is 192 Å². The van der Waals surface area contributed by atoms with Crippen LogP contribution < -0.4 is 10.6 Å². The molecule has 0 bridgehead atoms. The van der Waals surface area contributed by atoms with Crippen LogP contribution in [0.3, 0.4) is 0 Å². The van der Waals surface area contributed by atoms with Gasteiger partial charge in [-0.25, -0.2) is 4.79 Å². The van der Waals surface area contributed by atoms with Gasteiger partial charge in [0.05, 0.1) is 6.54 Å². The summed E-state index contributed by atoms with van der Waals surface area (Å²) in [4.78, 5) is 12.3. The van der Waals surface area contributed by atoms with E-state index in [1.165, 1.54) is 11.1 Å². The lowest BCUT2D eigenvalue weighted by atomic mass is 10.2. The molecule has 0 radical (unpaired) electrons. The zero-order valence-electron chi connectivity index (χ0n) is 17.9. The van der Waals surface area contributed by atoms with Crippen LogP contribution in [-0.4, -0.2) is 20.8 Å². The highest BCUT2D eigenvalue weighted by Crippen LogP contribution is 2.25. The molecule has 2 amide bonds. The summed E-state index contributed by atoms with van der Waals surface area (Å²) in [6.45, 7) is 2.80. The lowest BCUT2D eigenvalue weighted by Crippen LogP contribution is -2.35. The second-order valence-corrected chi connectivity index (χ2v) is 8.31. The Hall–Kier alpha value is -3.58. The van der Waals surface area contributed by atoms with Crippen LogP contribution in [-0.2, 0) is 18.8 Å². The van der Waals surface area contributed by atoms with Gasteiger partial charge in [0.2, 0.25) is 0 Å². The highest BCUT2D eigenvalue weighted by molar-refractivity contribution is 7.98. The molecule has 7 heteroatoms. The summed E-state index contributed by atoms with van der Waals surface area (Å²) in [5, 5.41) is 15.3. The van der Waals surface area contributed by atoms with Crippen LogP contribution in [0.5, 0.6) is 0 Å². The van der Waals surface area contributed by atoms with Gasteiger partial charge in [-0.3, -0.25) is 4.57 Å². The number of rotatable bonds is 8. The average Bonchev–Trinajstić information content (AvgIpc) is 3.24. The highest BCUT2D eigenvalue weighted by Gasteiger charge is 2.15. The van der Waals surface area contributed by atoms with E-state index in [9.17, 15) is 4.79 Å². The van der Waals surface area contributed by atoms with E-state index in [2.05, 4.69) is 52.0 Å². The number of thioether (sulfide) groups is 1. The first-order valence-corrected chi connectivity index (χ1v) is 11.4. The first-order valence-electron chi connectivity index (χ1n) is 10.4. The SMILES string of the molecule is Cc1ccc(-n2c(CNC(=O)NCc3ccccc3)nnc2SCc2ccccc2)cc1. The molecule has 32 heavy (non-hydrogen) atoms. The summed E-state index contributed by atoms with van der Waals surface area (Å²) < 4.78 is 2.00. The molecule has 4 aromatic rings. The molecule has 1 aromatic heterocycles. The molecule has 0 fully saturated rings. The van der Waals surface area contributed by atoms with E-state index in [0.717, 1.165) is 22.2 Å². The van der Waals surface area contributed by atoms with Crippen molar-refractivity contribution in [3.63, 3.8) is 0 Å². The second kappa shape index (κ2) is 10.6. The molecule has 0 saturated carbocycles. The summed E-state index contributed by atoms with van der Waals surface area (Å²) in [7, 11) is 0. The molecule has 0 spiro atoms. The van der Waals surface area contributed by atoms with Crippen LogP contribution in [0, 0.1) is 6.92 Å². The number of amides is 2. The zero-order chi connectivity index (χ0) is 22.2. The Morgan fingerprint density at radius 1 is 0.812 bits per heavy atom. The zero-order valence-corrected chi connectivity index (χ0v) is 18.7. The molecule has 6 nitrogen and oxygen atoms in total. The Morgan fingerprint density at radius 2 is 1.44 bits per heavy atom. The maximum atomic E-state index is 12.3. The lowest BCUT2D eigenvalue weighted by molar-refractivity contribution is 0.240. The van der Waals surface area contributed by atoms with Gasteiger partial charge >= 0.3 is 6.03 Å². The van der Waals surface area contributed by atoms with Gasteiger partial charge in [0.15, 0.2) is 11.0 Å². The molecule has 0 atom stereocenters. The maximum Gasteiger partial charge on any atom is 0.315 e. The van der Waals surface area contributed by atoms with Crippen molar-refractivity contribution >= 4 is 17.8 Å². The molecule has 0 aliphatic heterocycles. The number of urea groups is 1. The molecule has 162 valence electrons. The normalized spacial score (nSPS) is 10.7. The summed E-state index contributed by atoms with van der Waals surface area (Å²) >= 11 is 1.62. The number of nitrogens with one attached hydrogen (secondary N) is 2. The summed E-state index contributed by atoms with van der Waals surface area (Å²) in [5.74, 6) is 1.47. The summed E-state index contributed by atoms with van der Waals surface area (Å²) in [5.41, 5.74) is 4.42. The minimum Gasteiger partial charge on any atom is -0.334 e. The quantitative estimate of drug-likeness (QED) is 0.381. The summed E-state index contributed by atoms with van der Waals surface area (Å²) in [6, 6.07) is 28.0. The summed E-state index contributed by atoms with van der Waals surface area (Å²) in [6.07, 6.45) is 0. The molecule has 2 N–H and O–H groups in total. The van der Waals surface area contributed by atoms with E-state index >= 15 is 0 Å². The van der Waals surface area contributed by atoms with E-state index in [1.807, 2.05) is 65.2 Å². The molecule has 0 unspecified atom stereocenters. The van der Waals surface area contributed by atoms with Crippen LogP contribution in [0.2, 0.25) is 0 Å². The van der Waals surface area contributed by atoms with Gasteiger partial charge in [0, 0.05) is 18.0 Å². The fourth-order valence-corrected chi connectivity index (χ4v) is 4.11. The fraction of sp³-hybridized carbons (Fsp3) is 0.160. The van der Waals surface area contributed by atoms with E-state index in [4.69, 9.17) is 0 Å². The van der Waals surface area contributed by atoms with Crippen molar-refractivity contribution in [1.29, 1.82) is 0 Å². The third kappa shape index (κ3) is 5.76. The monoisotopic (exact) mass is 443 g/mol. The Bertz CT molecular complexity index is 1140. The van der Waals surface area contributed by atoms with Crippen molar-refractivity contribution in [2.45, 2.75) is 30.9 Å². The molecular weight excluding hydrogens is 418 g/mol. The van der Waals surface area contributed by atoms with Crippen molar-refractivity contribution in [1.82, 2.24) is 25.4 Å². The minimum atomic E-state index is -0.245. The Morgan fingerprint density at radius 3 is 2.12 bits per heavy atom. The van der Waals surface area contributed by atoms with Gasteiger partial charge in [-0.1, -0.05) is 90.1 Å². The van der Waals surface area contributed by atoms with E-state index < -0.39 is 0 Å². The smallest absolute Gasteiger partial charge is 0.315 e. The molecular formula is C25H25N5OS. The topological polar surface area (TPSA) is 71.8 Å². The van der Waals surface area contributed by atoms with Gasteiger partial charge in [-0.05, 0) is 30.2 Å². The van der Waals surface area contributed by atoms with Gasteiger partial charge in [0.25, 0.3) is 0 Å². The number of aryl methyl sites for hydroxylation is 1. The van der Waals surface area contributed by atoms with Crippen LogP contribution in [0.4, 0.5) is 4.79 Å². The number of hydrogen-bond donors (Lipinski definition) is 2. The predicted octanol–water partition coefficient (Wildman–Crippen LogP) is 4.87. The number of aromatic nitrogens is 3.